The molecule has 4 heteroatoms. The largest absolute Gasteiger partial charge is 0.322 e. The van der Waals surface area contributed by atoms with Gasteiger partial charge in [-0.1, -0.05) is 23.7 Å². The minimum Gasteiger partial charge on any atom is -0.322 e. The average molecular weight is 398 g/mol. The van der Waals surface area contributed by atoms with Crippen LogP contribution in [0.4, 0.5) is 5.69 Å². The third-order valence-electron chi connectivity index (χ3n) is 2.72. The van der Waals surface area contributed by atoms with Gasteiger partial charge in [-0.2, -0.15) is 0 Å². The predicted molar refractivity (Wildman–Crippen MR) is 93.0 cm³/mol. The van der Waals surface area contributed by atoms with Crippen molar-refractivity contribution in [2.75, 3.05) is 5.32 Å². The summed E-state index contributed by atoms with van der Waals surface area (Å²) in [6.45, 7) is 1.97. The summed E-state index contributed by atoms with van der Waals surface area (Å²) in [6.07, 6.45) is 3.24. The van der Waals surface area contributed by atoms with Gasteiger partial charge in [-0.05, 0) is 77.0 Å². The van der Waals surface area contributed by atoms with Crippen molar-refractivity contribution in [3.63, 3.8) is 0 Å². The maximum atomic E-state index is 11.9. The van der Waals surface area contributed by atoms with Crippen LogP contribution in [0.5, 0.6) is 0 Å². The van der Waals surface area contributed by atoms with E-state index >= 15 is 0 Å². The van der Waals surface area contributed by atoms with Gasteiger partial charge >= 0.3 is 0 Å². The Morgan fingerprint density at radius 3 is 2.75 bits per heavy atom. The van der Waals surface area contributed by atoms with E-state index in [-0.39, 0.29) is 5.91 Å². The number of hydrogen-bond donors (Lipinski definition) is 1. The van der Waals surface area contributed by atoms with E-state index in [2.05, 4.69) is 27.9 Å². The lowest BCUT2D eigenvalue weighted by Crippen LogP contribution is -2.08. The van der Waals surface area contributed by atoms with Gasteiger partial charge in [0.2, 0.25) is 5.91 Å². The molecule has 2 aromatic carbocycles. The lowest BCUT2D eigenvalue weighted by molar-refractivity contribution is -0.111. The Labute approximate surface area is 137 Å². The maximum Gasteiger partial charge on any atom is 0.248 e. The smallest absolute Gasteiger partial charge is 0.248 e. The average Bonchev–Trinajstić information content (AvgIpc) is 2.40. The number of carbonyl (C=O) groups is 1. The van der Waals surface area contributed by atoms with Crippen molar-refractivity contribution in [3.05, 3.63) is 68.3 Å². The second kappa shape index (κ2) is 6.90. The van der Waals surface area contributed by atoms with Crippen LogP contribution in [-0.2, 0) is 4.79 Å². The molecule has 1 N–H and O–H groups in total. The summed E-state index contributed by atoms with van der Waals surface area (Å²) in [6, 6.07) is 13.2. The van der Waals surface area contributed by atoms with E-state index < -0.39 is 0 Å². The fourth-order valence-electron chi connectivity index (χ4n) is 1.72. The number of hydrogen-bond acceptors (Lipinski definition) is 1. The molecule has 0 aromatic heterocycles. The highest BCUT2D eigenvalue weighted by Gasteiger charge is 2.02. The van der Waals surface area contributed by atoms with E-state index in [9.17, 15) is 4.79 Å². The minimum atomic E-state index is -0.158. The van der Waals surface area contributed by atoms with Crippen LogP contribution in [0.3, 0.4) is 0 Å². The van der Waals surface area contributed by atoms with Gasteiger partial charge in [-0.15, -0.1) is 0 Å². The van der Waals surface area contributed by atoms with E-state index in [0.717, 1.165) is 20.4 Å². The standard InChI is InChI=1S/C16H13ClINO/c1-11-9-14(18)6-7-15(11)19-16(20)8-5-12-3-2-4-13(17)10-12/h2-10H,1H3,(H,19,20)/b8-5+. The van der Waals surface area contributed by atoms with Crippen molar-refractivity contribution in [2.24, 2.45) is 0 Å². The molecule has 2 nitrogen and oxygen atoms in total. The molecule has 0 unspecified atom stereocenters. The molecule has 0 heterocycles. The highest BCUT2D eigenvalue weighted by molar-refractivity contribution is 14.1. The molecule has 0 atom stereocenters. The van der Waals surface area contributed by atoms with E-state index in [0.29, 0.717) is 5.02 Å². The van der Waals surface area contributed by atoms with Crippen LogP contribution in [-0.4, -0.2) is 5.91 Å². The summed E-state index contributed by atoms with van der Waals surface area (Å²) >= 11 is 8.13. The fraction of sp³-hybridized carbons (Fsp3) is 0.0625. The van der Waals surface area contributed by atoms with Crippen molar-refractivity contribution < 1.29 is 4.79 Å². The van der Waals surface area contributed by atoms with E-state index in [1.165, 1.54) is 6.08 Å². The summed E-state index contributed by atoms with van der Waals surface area (Å²) in [5.74, 6) is -0.158. The van der Waals surface area contributed by atoms with Crippen molar-refractivity contribution >= 4 is 51.9 Å². The van der Waals surface area contributed by atoms with Crippen LogP contribution in [0.15, 0.2) is 48.5 Å². The Balaban J connectivity index is 2.05. The molecule has 2 aromatic rings. The van der Waals surface area contributed by atoms with Crippen LogP contribution in [0, 0.1) is 10.5 Å². The monoisotopic (exact) mass is 397 g/mol. The molecule has 0 spiro atoms. The van der Waals surface area contributed by atoms with Crippen LogP contribution < -0.4 is 5.32 Å². The summed E-state index contributed by atoms with van der Waals surface area (Å²) in [7, 11) is 0. The van der Waals surface area contributed by atoms with E-state index in [1.54, 1.807) is 12.1 Å². The second-order valence-corrected chi connectivity index (χ2v) is 6.02. The number of anilines is 1. The first-order valence-electron chi connectivity index (χ1n) is 6.05. The third kappa shape index (κ3) is 4.35. The van der Waals surface area contributed by atoms with Gasteiger partial charge in [0.25, 0.3) is 0 Å². The van der Waals surface area contributed by atoms with Gasteiger partial charge in [0.15, 0.2) is 0 Å². The number of carbonyl (C=O) groups excluding carboxylic acids is 1. The number of benzene rings is 2. The molecule has 0 saturated carbocycles. The highest BCUT2D eigenvalue weighted by Crippen LogP contribution is 2.18. The van der Waals surface area contributed by atoms with Gasteiger partial charge in [0, 0.05) is 20.4 Å². The first-order chi connectivity index (χ1) is 9.54. The first kappa shape index (κ1) is 15.1. The first-order valence-corrected chi connectivity index (χ1v) is 7.51. The number of rotatable bonds is 3. The number of halogens is 2. The zero-order valence-corrected chi connectivity index (χ0v) is 13.8. The number of nitrogens with one attached hydrogen (secondary N) is 1. The molecule has 0 aliphatic heterocycles. The lowest BCUT2D eigenvalue weighted by atomic mass is 10.2. The zero-order valence-electron chi connectivity index (χ0n) is 10.9. The third-order valence-corrected chi connectivity index (χ3v) is 3.63. The van der Waals surface area contributed by atoms with Crippen LogP contribution in [0.25, 0.3) is 6.08 Å². The molecule has 20 heavy (non-hydrogen) atoms. The molecule has 0 aliphatic rings. The molecular weight excluding hydrogens is 385 g/mol. The Bertz CT molecular complexity index is 667. The van der Waals surface area contributed by atoms with Crippen molar-refractivity contribution in [3.8, 4) is 0 Å². The number of aryl methyl sites for hydroxylation is 1. The lowest BCUT2D eigenvalue weighted by Gasteiger charge is -2.06. The number of amides is 1. The summed E-state index contributed by atoms with van der Waals surface area (Å²) < 4.78 is 1.15. The second-order valence-electron chi connectivity index (χ2n) is 4.34. The van der Waals surface area contributed by atoms with E-state index in [4.69, 9.17) is 11.6 Å². The Kier molecular flexibility index (Phi) is 5.20. The van der Waals surface area contributed by atoms with Crippen molar-refractivity contribution in [1.82, 2.24) is 0 Å². The van der Waals surface area contributed by atoms with Gasteiger partial charge in [0.1, 0.15) is 0 Å². The maximum absolute atomic E-state index is 11.9. The minimum absolute atomic E-state index is 0.158. The Morgan fingerprint density at radius 2 is 2.05 bits per heavy atom. The Hall–Kier alpha value is -1.33. The molecule has 0 fully saturated rings. The van der Waals surface area contributed by atoms with Crippen LogP contribution >= 0.6 is 34.2 Å². The topological polar surface area (TPSA) is 29.1 Å². The van der Waals surface area contributed by atoms with Gasteiger partial charge in [-0.25, -0.2) is 0 Å². The molecule has 102 valence electrons. The van der Waals surface area contributed by atoms with Crippen LogP contribution in [0.2, 0.25) is 5.02 Å². The normalized spacial score (nSPS) is 10.8. The van der Waals surface area contributed by atoms with Crippen molar-refractivity contribution in [1.29, 1.82) is 0 Å². The van der Waals surface area contributed by atoms with Crippen LogP contribution in [0.1, 0.15) is 11.1 Å². The quantitative estimate of drug-likeness (QED) is 0.579. The highest BCUT2D eigenvalue weighted by atomic mass is 127. The molecular formula is C16H13ClINO. The predicted octanol–water partition coefficient (Wildman–Crippen LogP) is 4.90. The van der Waals surface area contributed by atoms with Crippen molar-refractivity contribution in [2.45, 2.75) is 6.92 Å². The van der Waals surface area contributed by atoms with Gasteiger partial charge in [0.05, 0.1) is 0 Å². The molecule has 0 radical (unpaired) electrons. The molecule has 0 aliphatic carbocycles. The molecule has 0 bridgehead atoms. The SMILES string of the molecule is Cc1cc(I)ccc1NC(=O)/C=C/c1cccc(Cl)c1. The molecule has 1 amide bonds. The van der Waals surface area contributed by atoms with E-state index in [1.807, 2.05) is 43.3 Å². The summed E-state index contributed by atoms with van der Waals surface area (Å²) in [5.41, 5.74) is 2.76. The Morgan fingerprint density at radius 1 is 1.25 bits per heavy atom. The summed E-state index contributed by atoms with van der Waals surface area (Å²) in [4.78, 5) is 11.9. The van der Waals surface area contributed by atoms with Gasteiger partial charge in [-0.3, -0.25) is 4.79 Å². The zero-order chi connectivity index (χ0) is 14.5. The van der Waals surface area contributed by atoms with Gasteiger partial charge < -0.3 is 5.32 Å². The molecule has 0 saturated heterocycles. The molecule has 2 rings (SSSR count). The summed E-state index contributed by atoms with van der Waals surface area (Å²) in [5, 5.41) is 3.51. The fourth-order valence-corrected chi connectivity index (χ4v) is 2.57.